The maximum atomic E-state index is 4.82. The van der Waals surface area contributed by atoms with Crippen LogP contribution < -0.4 is 0 Å². The van der Waals surface area contributed by atoms with Gasteiger partial charge in [0, 0.05) is 41.2 Å². The fraction of sp³-hybridized carbons (Fsp3) is 0.421. The van der Waals surface area contributed by atoms with E-state index in [9.17, 15) is 0 Å². The fourth-order valence-corrected chi connectivity index (χ4v) is 4.09. The standard InChI is InChI=1S/C19H20N6S/c1-11-12(2)21-16(14-4-3-9-20-10-14)22-18(11)26-19-24-23-17(13-5-6-13)25(19)15-7-8-15/h3-4,9-10,13,15H,5-8H2,1-2H3. The van der Waals surface area contributed by atoms with Gasteiger partial charge in [-0.2, -0.15) is 0 Å². The molecule has 0 N–H and O–H groups in total. The van der Waals surface area contributed by atoms with Gasteiger partial charge in [0.25, 0.3) is 0 Å². The molecule has 2 saturated carbocycles. The summed E-state index contributed by atoms with van der Waals surface area (Å²) in [4.78, 5) is 13.7. The second-order valence-electron chi connectivity index (χ2n) is 7.12. The second kappa shape index (κ2) is 6.16. The van der Waals surface area contributed by atoms with Crippen molar-refractivity contribution in [1.82, 2.24) is 29.7 Å². The topological polar surface area (TPSA) is 69.4 Å². The van der Waals surface area contributed by atoms with E-state index in [2.05, 4.69) is 31.7 Å². The molecule has 2 aliphatic rings. The summed E-state index contributed by atoms with van der Waals surface area (Å²) < 4.78 is 2.36. The Morgan fingerprint density at radius 3 is 2.62 bits per heavy atom. The van der Waals surface area contributed by atoms with Gasteiger partial charge in [0.05, 0.1) is 0 Å². The Hall–Kier alpha value is -2.28. The van der Waals surface area contributed by atoms with Crippen LogP contribution in [-0.2, 0) is 0 Å². The number of hydrogen-bond donors (Lipinski definition) is 0. The zero-order valence-corrected chi connectivity index (χ0v) is 15.7. The second-order valence-corrected chi connectivity index (χ2v) is 8.08. The number of nitrogens with zero attached hydrogens (tertiary/aromatic N) is 6. The van der Waals surface area contributed by atoms with Crippen LogP contribution in [0.15, 0.2) is 34.7 Å². The average molecular weight is 364 g/mol. The largest absolute Gasteiger partial charge is 0.302 e. The Bertz CT molecular complexity index is 960. The molecule has 0 saturated heterocycles. The lowest BCUT2D eigenvalue weighted by Crippen LogP contribution is -2.03. The van der Waals surface area contributed by atoms with Crippen LogP contribution >= 0.6 is 11.8 Å². The lowest BCUT2D eigenvalue weighted by atomic mass is 10.2. The Balaban J connectivity index is 1.54. The van der Waals surface area contributed by atoms with E-state index in [1.165, 1.54) is 31.5 Å². The van der Waals surface area contributed by atoms with Gasteiger partial charge >= 0.3 is 0 Å². The Kier molecular flexibility index (Phi) is 3.77. The van der Waals surface area contributed by atoms with E-state index >= 15 is 0 Å². The summed E-state index contributed by atoms with van der Waals surface area (Å²) >= 11 is 1.62. The van der Waals surface area contributed by atoms with Gasteiger partial charge in [0.1, 0.15) is 10.9 Å². The van der Waals surface area contributed by atoms with Crippen LogP contribution in [0, 0.1) is 13.8 Å². The number of hydrogen-bond acceptors (Lipinski definition) is 6. The minimum Gasteiger partial charge on any atom is -0.302 e. The molecule has 3 aromatic heterocycles. The predicted molar refractivity (Wildman–Crippen MR) is 99.1 cm³/mol. The van der Waals surface area contributed by atoms with Gasteiger partial charge in [0.15, 0.2) is 11.0 Å². The van der Waals surface area contributed by atoms with Crippen LogP contribution in [0.2, 0.25) is 0 Å². The first-order chi connectivity index (χ1) is 12.7. The van der Waals surface area contributed by atoms with E-state index in [1.54, 1.807) is 24.2 Å². The lowest BCUT2D eigenvalue weighted by molar-refractivity contribution is 0.626. The molecule has 6 nitrogen and oxygen atoms in total. The van der Waals surface area contributed by atoms with Crippen LogP contribution in [0.25, 0.3) is 11.4 Å². The number of pyridine rings is 1. The summed E-state index contributed by atoms with van der Waals surface area (Å²) in [7, 11) is 0. The number of aromatic nitrogens is 6. The zero-order valence-electron chi connectivity index (χ0n) is 14.9. The minimum absolute atomic E-state index is 0.573. The van der Waals surface area contributed by atoms with E-state index in [0.29, 0.717) is 17.8 Å². The van der Waals surface area contributed by atoms with Crippen molar-refractivity contribution in [3.05, 3.63) is 41.6 Å². The SMILES string of the molecule is Cc1nc(-c2cccnc2)nc(Sc2nnc(C3CC3)n2C2CC2)c1C. The molecule has 3 aromatic rings. The third-order valence-electron chi connectivity index (χ3n) is 5.00. The first-order valence-electron chi connectivity index (χ1n) is 9.09. The highest BCUT2D eigenvalue weighted by atomic mass is 32.2. The molecular weight excluding hydrogens is 344 g/mol. The van der Waals surface area contributed by atoms with E-state index < -0.39 is 0 Å². The first kappa shape index (κ1) is 15.9. The molecule has 3 heterocycles. The van der Waals surface area contributed by atoms with Crippen molar-refractivity contribution in [2.24, 2.45) is 0 Å². The molecule has 0 bridgehead atoms. The molecule has 5 rings (SSSR count). The van der Waals surface area contributed by atoms with E-state index in [0.717, 1.165) is 27.0 Å². The molecule has 0 radical (unpaired) electrons. The molecule has 132 valence electrons. The highest BCUT2D eigenvalue weighted by Gasteiger charge is 2.36. The van der Waals surface area contributed by atoms with E-state index in [-0.39, 0.29) is 0 Å². The Morgan fingerprint density at radius 1 is 1.08 bits per heavy atom. The smallest absolute Gasteiger partial charge is 0.197 e. The van der Waals surface area contributed by atoms with Gasteiger partial charge < -0.3 is 4.57 Å². The fourth-order valence-electron chi connectivity index (χ4n) is 3.07. The molecule has 2 aliphatic carbocycles. The molecular formula is C19H20N6S. The summed E-state index contributed by atoms with van der Waals surface area (Å²) in [6.45, 7) is 4.10. The molecule has 0 aromatic carbocycles. The molecule has 0 aliphatic heterocycles. The van der Waals surface area contributed by atoms with Gasteiger partial charge in [-0.15, -0.1) is 10.2 Å². The number of rotatable bonds is 5. The quantitative estimate of drug-likeness (QED) is 0.635. The highest BCUT2D eigenvalue weighted by molar-refractivity contribution is 7.99. The van der Waals surface area contributed by atoms with Gasteiger partial charge in [-0.05, 0) is 63.4 Å². The summed E-state index contributed by atoms with van der Waals surface area (Å²) in [5, 5.41) is 10.9. The van der Waals surface area contributed by atoms with Gasteiger partial charge in [0.2, 0.25) is 0 Å². The maximum Gasteiger partial charge on any atom is 0.197 e. The van der Waals surface area contributed by atoms with Gasteiger partial charge in [-0.3, -0.25) is 4.98 Å². The van der Waals surface area contributed by atoms with Crippen LogP contribution in [-0.4, -0.2) is 29.7 Å². The van der Waals surface area contributed by atoms with Crippen molar-refractivity contribution in [1.29, 1.82) is 0 Å². The average Bonchev–Trinajstić information content (AvgIpc) is 3.58. The van der Waals surface area contributed by atoms with Gasteiger partial charge in [-0.25, -0.2) is 9.97 Å². The molecule has 7 heteroatoms. The van der Waals surface area contributed by atoms with Crippen molar-refractivity contribution in [2.75, 3.05) is 0 Å². The summed E-state index contributed by atoms with van der Waals surface area (Å²) in [6, 6.07) is 4.47. The number of aryl methyl sites for hydroxylation is 1. The van der Waals surface area contributed by atoms with E-state index in [1.807, 2.05) is 19.1 Å². The normalized spacial score (nSPS) is 16.8. The van der Waals surface area contributed by atoms with Crippen molar-refractivity contribution < 1.29 is 0 Å². The summed E-state index contributed by atoms with van der Waals surface area (Å²) in [6.07, 6.45) is 8.51. The summed E-state index contributed by atoms with van der Waals surface area (Å²) in [5.74, 6) is 2.49. The third-order valence-corrected chi connectivity index (χ3v) is 6.05. The molecule has 0 spiro atoms. The molecule has 0 atom stereocenters. The Labute approximate surface area is 156 Å². The molecule has 0 amide bonds. The van der Waals surface area contributed by atoms with Crippen LogP contribution in [0.1, 0.15) is 54.7 Å². The Morgan fingerprint density at radius 2 is 1.92 bits per heavy atom. The summed E-state index contributed by atoms with van der Waals surface area (Å²) in [5.41, 5.74) is 3.02. The van der Waals surface area contributed by atoms with E-state index in [4.69, 9.17) is 4.98 Å². The van der Waals surface area contributed by atoms with Crippen molar-refractivity contribution >= 4 is 11.8 Å². The first-order valence-corrected chi connectivity index (χ1v) is 9.90. The van der Waals surface area contributed by atoms with Crippen molar-refractivity contribution in [2.45, 2.75) is 61.7 Å². The lowest BCUT2D eigenvalue weighted by Gasteiger charge is -2.11. The predicted octanol–water partition coefficient (Wildman–Crippen LogP) is 4.11. The molecule has 2 fully saturated rings. The van der Waals surface area contributed by atoms with Gasteiger partial charge in [-0.1, -0.05) is 0 Å². The minimum atomic E-state index is 0.573. The van der Waals surface area contributed by atoms with Crippen LogP contribution in [0.5, 0.6) is 0 Å². The maximum absolute atomic E-state index is 4.82. The van der Waals surface area contributed by atoms with Crippen molar-refractivity contribution in [3.8, 4) is 11.4 Å². The van der Waals surface area contributed by atoms with Crippen LogP contribution in [0.3, 0.4) is 0 Å². The highest BCUT2D eigenvalue weighted by Crippen LogP contribution is 2.46. The monoisotopic (exact) mass is 364 g/mol. The molecule has 26 heavy (non-hydrogen) atoms. The zero-order chi connectivity index (χ0) is 17.7. The molecule has 0 unspecified atom stereocenters. The van der Waals surface area contributed by atoms with Crippen LogP contribution in [0.4, 0.5) is 0 Å². The third kappa shape index (κ3) is 2.90. The van der Waals surface area contributed by atoms with Crippen molar-refractivity contribution in [3.63, 3.8) is 0 Å².